The number of alkyl halides is 2. The number of rotatable bonds is 5. The molecule has 2 N–H and O–H groups in total. The summed E-state index contributed by atoms with van der Waals surface area (Å²) in [6.45, 7) is 13.0. The van der Waals surface area contributed by atoms with Crippen LogP contribution in [-0.2, 0) is 4.74 Å². The molecular formula is C13H31F2NO. The Morgan fingerprint density at radius 2 is 1.53 bits per heavy atom. The van der Waals surface area contributed by atoms with Gasteiger partial charge in [-0.15, -0.1) is 0 Å². The van der Waals surface area contributed by atoms with Gasteiger partial charge in [-0.25, -0.2) is 8.78 Å². The van der Waals surface area contributed by atoms with Crippen molar-refractivity contribution in [3.63, 3.8) is 0 Å². The number of nitrogens with two attached hydrogens (primary N) is 1. The molecule has 0 fully saturated rings. The van der Waals surface area contributed by atoms with Gasteiger partial charge < -0.3 is 10.5 Å². The smallest absolute Gasteiger partial charge is 0.263 e. The predicted octanol–water partition coefficient (Wildman–Crippen LogP) is 4.25. The van der Waals surface area contributed by atoms with Crippen molar-refractivity contribution in [3.05, 3.63) is 12.2 Å². The Morgan fingerprint density at radius 3 is 1.82 bits per heavy atom. The van der Waals surface area contributed by atoms with E-state index in [1.54, 1.807) is 0 Å². The lowest BCUT2D eigenvalue weighted by molar-refractivity contribution is 0.00533. The first kappa shape index (κ1) is 21.8. The van der Waals surface area contributed by atoms with Crippen molar-refractivity contribution in [1.29, 1.82) is 0 Å². The Morgan fingerprint density at radius 1 is 1.12 bits per heavy atom. The molecule has 17 heavy (non-hydrogen) atoms. The molecule has 0 atom stereocenters. The molecule has 0 saturated carbocycles. The monoisotopic (exact) mass is 255 g/mol. The van der Waals surface area contributed by atoms with Crippen LogP contribution in [0.5, 0.6) is 0 Å². The van der Waals surface area contributed by atoms with Gasteiger partial charge in [0.1, 0.15) is 0 Å². The van der Waals surface area contributed by atoms with Crippen LogP contribution in [0.25, 0.3) is 0 Å². The van der Waals surface area contributed by atoms with Gasteiger partial charge in [0.15, 0.2) is 0 Å². The first-order valence-corrected chi connectivity index (χ1v) is 6.16. The minimum atomic E-state index is -2.77. The van der Waals surface area contributed by atoms with Crippen LogP contribution in [0.1, 0.15) is 49.9 Å². The summed E-state index contributed by atoms with van der Waals surface area (Å²) >= 11 is 0. The molecule has 2 nitrogen and oxygen atoms in total. The topological polar surface area (TPSA) is 35.2 Å². The van der Waals surface area contributed by atoms with Crippen LogP contribution in [0.3, 0.4) is 0 Å². The summed E-state index contributed by atoms with van der Waals surface area (Å²) in [5.41, 5.74) is 4.93. The maximum Gasteiger partial charge on any atom is 0.263 e. The van der Waals surface area contributed by atoms with Crippen LogP contribution in [0.4, 0.5) is 8.78 Å². The van der Waals surface area contributed by atoms with Gasteiger partial charge in [-0.05, 0) is 19.9 Å². The summed E-state index contributed by atoms with van der Waals surface area (Å²) in [6.07, 6.45) is 2.12. The lowest BCUT2D eigenvalue weighted by Gasteiger charge is -2.22. The average molecular weight is 255 g/mol. The van der Waals surface area contributed by atoms with Gasteiger partial charge in [-0.3, -0.25) is 0 Å². The van der Waals surface area contributed by atoms with Crippen molar-refractivity contribution in [2.24, 2.45) is 5.73 Å². The lowest BCUT2D eigenvalue weighted by Crippen LogP contribution is -2.34. The molecule has 0 bridgehead atoms. The van der Waals surface area contributed by atoms with Gasteiger partial charge in [0.25, 0.3) is 5.92 Å². The summed E-state index contributed by atoms with van der Waals surface area (Å²) < 4.78 is 29.7. The predicted molar refractivity (Wildman–Crippen MR) is 73.7 cm³/mol. The number of hydrogen-bond donors (Lipinski definition) is 1. The maximum atomic E-state index is 12.3. The number of allylic oxidation sites excluding steroid dienone is 1. The van der Waals surface area contributed by atoms with E-state index in [1.807, 2.05) is 41.5 Å². The molecule has 0 heterocycles. The second-order valence-corrected chi connectivity index (χ2v) is 3.63. The van der Waals surface area contributed by atoms with Crippen LogP contribution in [0.2, 0.25) is 0 Å². The Bertz CT molecular complexity index is 180. The number of halogens is 2. The molecule has 0 amide bonds. The normalized spacial score (nSPS) is 11.4. The fourth-order valence-corrected chi connectivity index (χ4v) is 0.588. The van der Waals surface area contributed by atoms with E-state index in [-0.39, 0.29) is 8.03 Å². The molecule has 0 aromatic rings. The Labute approximate surface area is 107 Å². The summed E-state index contributed by atoms with van der Waals surface area (Å²) in [5.74, 6) is -2.77. The highest BCUT2D eigenvalue weighted by Crippen LogP contribution is 2.13. The minimum absolute atomic E-state index is 0. The first-order valence-electron chi connectivity index (χ1n) is 6.16. The molecule has 0 radical (unpaired) electrons. The Hall–Kier alpha value is -0.480. The molecule has 0 spiro atoms. The van der Waals surface area contributed by atoms with Gasteiger partial charge in [-0.2, -0.15) is 0 Å². The molecule has 0 saturated heterocycles. The molecule has 0 aromatic heterocycles. The molecule has 108 valence electrons. The lowest BCUT2D eigenvalue weighted by atomic mass is 10.1. The van der Waals surface area contributed by atoms with E-state index in [2.05, 4.69) is 0 Å². The van der Waals surface area contributed by atoms with Crippen LogP contribution in [0.15, 0.2) is 12.2 Å². The van der Waals surface area contributed by atoms with Crippen molar-refractivity contribution in [3.8, 4) is 0 Å². The van der Waals surface area contributed by atoms with Gasteiger partial charge in [0.2, 0.25) is 0 Å². The van der Waals surface area contributed by atoms with Crippen molar-refractivity contribution in [2.75, 3.05) is 13.2 Å². The molecular weight excluding hydrogens is 224 g/mol. The molecule has 0 aliphatic heterocycles. The summed E-state index contributed by atoms with van der Waals surface area (Å²) in [7, 11) is 0. The number of ether oxygens (including phenoxy) is 1. The fourth-order valence-electron chi connectivity index (χ4n) is 0.588. The van der Waals surface area contributed by atoms with Crippen LogP contribution in [-0.4, -0.2) is 24.7 Å². The standard InChI is InChI=1S/C9H17F2NO.2C2H6.H2/c1-8(2,7-12)13-6-4-5-9(3,10)11;2*1-2;/h4-5H,6-7,12H2,1-3H3;2*1-2H3;1H/b5-4+;;;. The second kappa shape index (κ2) is 12.0. The molecule has 0 rings (SSSR count). The fraction of sp³-hybridized carbons (Fsp3) is 0.846. The highest BCUT2D eigenvalue weighted by Gasteiger charge is 2.16. The molecule has 0 aliphatic rings. The highest BCUT2D eigenvalue weighted by molar-refractivity contribution is 4.92. The van der Waals surface area contributed by atoms with Crippen molar-refractivity contribution >= 4 is 0 Å². The van der Waals surface area contributed by atoms with E-state index in [1.165, 1.54) is 6.08 Å². The first-order chi connectivity index (χ1) is 7.77. The van der Waals surface area contributed by atoms with Crippen LogP contribution >= 0.6 is 0 Å². The number of hydrogen-bond acceptors (Lipinski definition) is 2. The SMILES string of the molecule is CC.CC.CC(F)(F)/C=C/COC(C)(C)CN.[HH]. The largest absolute Gasteiger partial charge is 0.370 e. The molecule has 4 heteroatoms. The van der Waals surface area contributed by atoms with E-state index in [0.29, 0.717) is 6.54 Å². The molecule has 0 aromatic carbocycles. The quantitative estimate of drug-likeness (QED) is 0.745. The van der Waals surface area contributed by atoms with Gasteiger partial charge in [-0.1, -0.05) is 33.8 Å². The van der Waals surface area contributed by atoms with E-state index < -0.39 is 11.5 Å². The maximum absolute atomic E-state index is 12.3. The van der Waals surface area contributed by atoms with Crippen molar-refractivity contribution in [1.82, 2.24) is 0 Å². The minimum Gasteiger partial charge on any atom is -0.370 e. The van der Waals surface area contributed by atoms with Crippen molar-refractivity contribution < 1.29 is 14.9 Å². The van der Waals surface area contributed by atoms with Gasteiger partial charge in [0.05, 0.1) is 12.2 Å². The second-order valence-electron chi connectivity index (χ2n) is 3.63. The Balaban J connectivity index is -0.000000177. The average Bonchev–Trinajstić information content (AvgIpc) is 2.29. The van der Waals surface area contributed by atoms with Gasteiger partial charge >= 0.3 is 0 Å². The summed E-state index contributed by atoms with van der Waals surface area (Å²) in [4.78, 5) is 0. The third-order valence-corrected chi connectivity index (χ3v) is 1.47. The van der Waals surface area contributed by atoms with Crippen molar-refractivity contribution in [2.45, 2.75) is 60.0 Å². The summed E-state index contributed by atoms with van der Waals surface area (Å²) in [6, 6.07) is 0. The molecule has 0 unspecified atom stereocenters. The van der Waals surface area contributed by atoms with E-state index >= 15 is 0 Å². The van der Waals surface area contributed by atoms with E-state index in [9.17, 15) is 8.78 Å². The summed E-state index contributed by atoms with van der Waals surface area (Å²) in [5, 5.41) is 0. The van der Waals surface area contributed by atoms with E-state index in [4.69, 9.17) is 10.5 Å². The Kier molecular flexibility index (Phi) is 15.4. The highest BCUT2D eigenvalue weighted by atomic mass is 19.3. The third-order valence-electron chi connectivity index (χ3n) is 1.47. The van der Waals surface area contributed by atoms with Crippen LogP contribution in [0, 0.1) is 0 Å². The van der Waals surface area contributed by atoms with Gasteiger partial charge in [0, 0.05) is 14.9 Å². The van der Waals surface area contributed by atoms with Crippen LogP contribution < -0.4 is 5.73 Å². The zero-order chi connectivity index (χ0) is 14.5. The molecule has 0 aliphatic carbocycles. The zero-order valence-corrected chi connectivity index (χ0v) is 12.3. The third kappa shape index (κ3) is 21.4. The zero-order valence-electron chi connectivity index (χ0n) is 12.3. The van der Waals surface area contributed by atoms with E-state index in [0.717, 1.165) is 13.0 Å².